The van der Waals surface area contributed by atoms with Gasteiger partial charge in [0.2, 0.25) is 5.91 Å². The number of hydrogen-bond acceptors (Lipinski definition) is 4. The molecule has 0 aromatic heterocycles. The highest BCUT2D eigenvalue weighted by molar-refractivity contribution is 5.80. The summed E-state index contributed by atoms with van der Waals surface area (Å²) in [5.41, 5.74) is 1.16. The lowest BCUT2D eigenvalue weighted by atomic mass is 9.94. The second-order valence-corrected chi connectivity index (χ2v) is 8.93. The van der Waals surface area contributed by atoms with Crippen molar-refractivity contribution in [3.8, 4) is 0 Å². The molecule has 7 heteroatoms. The molecule has 3 rings (SSSR count). The number of likely N-dealkylation sites (tertiary alicyclic amines) is 1. The number of benzene rings is 1. The van der Waals surface area contributed by atoms with E-state index in [1.165, 1.54) is 0 Å². The predicted octanol–water partition coefficient (Wildman–Crippen LogP) is 2.91. The Kier molecular flexibility index (Phi) is 9.36. The molecule has 2 saturated heterocycles. The summed E-state index contributed by atoms with van der Waals surface area (Å²) in [5.74, 6) is 0.205. The number of urea groups is 1. The largest absolute Gasteiger partial charge is 0.379 e. The van der Waals surface area contributed by atoms with Gasteiger partial charge in [-0.25, -0.2) is 4.79 Å². The molecule has 0 radical (unpaired) electrons. The van der Waals surface area contributed by atoms with Gasteiger partial charge in [-0.3, -0.25) is 9.69 Å². The Morgan fingerprint density at radius 1 is 1.03 bits per heavy atom. The molecule has 7 nitrogen and oxygen atoms in total. The first kappa shape index (κ1) is 24.5. The molecule has 1 aromatic carbocycles. The van der Waals surface area contributed by atoms with Gasteiger partial charge in [-0.15, -0.1) is 0 Å². The van der Waals surface area contributed by atoms with Crippen molar-refractivity contribution < 1.29 is 14.3 Å². The maximum Gasteiger partial charge on any atom is 0.319 e. The van der Waals surface area contributed by atoms with Gasteiger partial charge in [0.05, 0.1) is 13.2 Å². The predicted molar refractivity (Wildman–Crippen MR) is 126 cm³/mol. The molecule has 0 aliphatic carbocycles. The molecule has 2 aliphatic heterocycles. The van der Waals surface area contributed by atoms with Gasteiger partial charge in [0.25, 0.3) is 0 Å². The molecule has 0 saturated carbocycles. The van der Waals surface area contributed by atoms with E-state index in [2.05, 4.69) is 28.9 Å². The van der Waals surface area contributed by atoms with Crippen LogP contribution in [0.4, 0.5) is 4.79 Å². The Hall–Kier alpha value is -2.12. The van der Waals surface area contributed by atoms with Gasteiger partial charge in [-0.05, 0) is 39.2 Å². The second kappa shape index (κ2) is 12.2. The first-order valence-corrected chi connectivity index (χ1v) is 12.2. The van der Waals surface area contributed by atoms with E-state index in [0.717, 1.165) is 64.3 Å². The lowest BCUT2D eigenvalue weighted by molar-refractivity contribution is -0.140. The van der Waals surface area contributed by atoms with E-state index in [1.807, 2.05) is 41.8 Å². The van der Waals surface area contributed by atoms with Gasteiger partial charge < -0.3 is 19.4 Å². The minimum absolute atomic E-state index is 0.0217. The van der Waals surface area contributed by atoms with E-state index in [4.69, 9.17) is 4.74 Å². The van der Waals surface area contributed by atoms with Crippen molar-refractivity contribution in [3.05, 3.63) is 35.9 Å². The van der Waals surface area contributed by atoms with Crippen LogP contribution >= 0.6 is 0 Å². The van der Waals surface area contributed by atoms with Crippen LogP contribution in [0.2, 0.25) is 0 Å². The SMILES string of the molecule is CCN(CC)C(=O)N1CCC(C(=O)N(Cc2ccccc2)C(C)CN2CCOCC2)CC1. The number of carbonyl (C=O) groups is 2. The van der Waals surface area contributed by atoms with Gasteiger partial charge in [-0.2, -0.15) is 0 Å². The van der Waals surface area contributed by atoms with Crippen LogP contribution in [0, 0.1) is 5.92 Å². The fourth-order valence-electron chi connectivity index (χ4n) is 4.73. The summed E-state index contributed by atoms with van der Waals surface area (Å²) in [6.45, 7) is 13.8. The Balaban J connectivity index is 1.64. The van der Waals surface area contributed by atoms with E-state index in [1.54, 1.807) is 0 Å². The average Bonchev–Trinajstić information content (AvgIpc) is 2.84. The van der Waals surface area contributed by atoms with Crippen molar-refractivity contribution in [1.29, 1.82) is 0 Å². The van der Waals surface area contributed by atoms with Gasteiger partial charge >= 0.3 is 6.03 Å². The van der Waals surface area contributed by atoms with E-state index in [-0.39, 0.29) is 23.9 Å². The molecule has 2 heterocycles. The minimum Gasteiger partial charge on any atom is -0.379 e. The Morgan fingerprint density at radius 2 is 1.66 bits per heavy atom. The van der Waals surface area contributed by atoms with Crippen LogP contribution in [0.15, 0.2) is 30.3 Å². The van der Waals surface area contributed by atoms with Crippen LogP contribution in [0.1, 0.15) is 39.2 Å². The second-order valence-electron chi connectivity index (χ2n) is 8.93. The van der Waals surface area contributed by atoms with Crippen molar-refractivity contribution in [2.24, 2.45) is 5.92 Å². The number of amides is 3. The molecule has 1 aromatic rings. The first-order chi connectivity index (χ1) is 15.5. The van der Waals surface area contributed by atoms with Crippen molar-refractivity contribution in [1.82, 2.24) is 19.6 Å². The lowest BCUT2D eigenvalue weighted by Crippen LogP contribution is -2.52. The van der Waals surface area contributed by atoms with Crippen LogP contribution in [0.25, 0.3) is 0 Å². The fourth-order valence-corrected chi connectivity index (χ4v) is 4.73. The van der Waals surface area contributed by atoms with E-state index in [9.17, 15) is 9.59 Å². The molecular formula is C25H40N4O3. The third-order valence-electron chi connectivity index (χ3n) is 6.79. The minimum atomic E-state index is -0.0217. The summed E-state index contributed by atoms with van der Waals surface area (Å²) in [6.07, 6.45) is 1.48. The average molecular weight is 445 g/mol. The maximum absolute atomic E-state index is 13.7. The summed E-state index contributed by atoms with van der Waals surface area (Å²) >= 11 is 0. The van der Waals surface area contributed by atoms with Crippen LogP contribution in [-0.4, -0.2) is 96.6 Å². The molecular weight excluding hydrogens is 404 g/mol. The highest BCUT2D eigenvalue weighted by Crippen LogP contribution is 2.23. The third kappa shape index (κ3) is 6.45. The first-order valence-electron chi connectivity index (χ1n) is 12.2. The Bertz CT molecular complexity index is 711. The normalized spacial score (nSPS) is 18.9. The van der Waals surface area contributed by atoms with E-state index < -0.39 is 0 Å². The number of piperidine rings is 1. The molecule has 1 atom stereocenters. The number of rotatable bonds is 8. The standard InChI is InChI=1S/C25H40N4O3/c1-4-27(5-2)25(31)28-13-11-23(12-14-28)24(30)29(20-22-9-7-6-8-10-22)21(3)19-26-15-17-32-18-16-26/h6-10,21,23H,4-5,11-20H2,1-3H3. The monoisotopic (exact) mass is 444 g/mol. The number of nitrogens with zero attached hydrogens (tertiary/aromatic N) is 4. The molecule has 1 unspecified atom stereocenters. The molecule has 2 aliphatic rings. The van der Waals surface area contributed by atoms with Crippen LogP contribution in [0.5, 0.6) is 0 Å². The summed E-state index contributed by atoms with van der Waals surface area (Å²) in [5, 5.41) is 0. The highest BCUT2D eigenvalue weighted by atomic mass is 16.5. The Morgan fingerprint density at radius 3 is 2.25 bits per heavy atom. The van der Waals surface area contributed by atoms with E-state index >= 15 is 0 Å². The molecule has 0 bridgehead atoms. The van der Waals surface area contributed by atoms with Gasteiger partial charge in [0.15, 0.2) is 0 Å². The van der Waals surface area contributed by atoms with Gasteiger partial charge in [0, 0.05) is 64.3 Å². The zero-order valence-corrected chi connectivity index (χ0v) is 20.0. The molecule has 3 amide bonds. The third-order valence-corrected chi connectivity index (χ3v) is 6.79. The number of carbonyl (C=O) groups excluding carboxylic acids is 2. The summed E-state index contributed by atoms with van der Waals surface area (Å²) in [4.78, 5) is 34.6. The van der Waals surface area contributed by atoms with Crippen LogP contribution in [-0.2, 0) is 16.1 Å². The van der Waals surface area contributed by atoms with Gasteiger partial charge in [-0.1, -0.05) is 30.3 Å². The fraction of sp³-hybridized carbons (Fsp3) is 0.680. The topological polar surface area (TPSA) is 56.3 Å². The van der Waals surface area contributed by atoms with Crippen LogP contribution in [0.3, 0.4) is 0 Å². The number of morpholine rings is 1. The van der Waals surface area contributed by atoms with Crippen LogP contribution < -0.4 is 0 Å². The smallest absolute Gasteiger partial charge is 0.319 e. The van der Waals surface area contributed by atoms with Crippen molar-refractivity contribution in [2.45, 2.75) is 46.2 Å². The van der Waals surface area contributed by atoms with Crippen molar-refractivity contribution in [3.63, 3.8) is 0 Å². The lowest BCUT2D eigenvalue weighted by Gasteiger charge is -2.39. The number of ether oxygens (including phenoxy) is 1. The summed E-state index contributed by atoms with van der Waals surface area (Å²) in [6, 6.07) is 10.5. The Labute approximate surface area is 193 Å². The molecule has 0 N–H and O–H groups in total. The zero-order valence-electron chi connectivity index (χ0n) is 20.0. The molecule has 2 fully saturated rings. The quantitative estimate of drug-likeness (QED) is 0.619. The van der Waals surface area contributed by atoms with Gasteiger partial charge in [0.1, 0.15) is 0 Å². The molecule has 32 heavy (non-hydrogen) atoms. The zero-order chi connectivity index (χ0) is 22.9. The van der Waals surface area contributed by atoms with Crippen molar-refractivity contribution in [2.75, 3.05) is 59.0 Å². The summed E-state index contributed by atoms with van der Waals surface area (Å²) in [7, 11) is 0. The molecule has 0 spiro atoms. The maximum atomic E-state index is 13.7. The highest BCUT2D eigenvalue weighted by Gasteiger charge is 2.33. The van der Waals surface area contributed by atoms with Crippen molar-refractivity contribution >= 4 is 11.9 Å². The number of hydrogen-bond donors (Lipinski definition) is 0. The van der Waals surface area contributed by atoms with E-state index in [0.29, 0.717) is 19.6 Å². The molecule has 178 valence electrons. The summed E-state index contributed by atoms with van der Waals surface area (Å²) < 4.78 is 5.48.